The molecule has 1 atom stereocenters. The second-order valence-corrected chi connectivity index (χ2v) is 5.26. The molecule has 114 valence electrons. The minimum Gasteiger partial charge on any atom is -0.314 e. The summed E-state index contributed by atoms with van der Waals surface area (Å²) in [6, 6.07) is 1.77. The maximum Gasteiger partial charge on any atom is 0.408 e. The van der Waals surface area contributed by atoms with Crippen LogP contribution in [0.15, 0.2) is 22.7 Å². The molecule has 20 heavy (non-hydrogen) atoms. The Morgan fingerprint density at radius 1 is 1.20 bits per heavy atom. The SMILES string of the molecule is Cl.Fc1ccc([C@H](N2CCNCC2)C(F)(F)F)cc1Br. The van der Waals surface area contributed by atoms with Gasteiger partial charge in [0.1, 0.15) is 11.9 Å². The Hall–Kier alpha value is -0.370. The number of nitrogens with zero attached hydrogens (tertiary/aromatic N) is 1. The van der Waals surface area contributed by atoms with Gasteiger partial charge in [-0.15, -0.1) is 12.4 Å². The Morgan fingerprint density at radius 2 is 1.80 bits per heavy atom. The Morgan fingerprint density at radius 3 is 2.30 bits per heavy atom. The van der Waals surface area contributed by atoms with Crippen molar-refractivity contribution in [3.05, 3.63) is 34.1 Å². The number of piperazine rings is 1. The molecule has 8 heteroatoms. The molecule has 0 bridgehead atoms. The first kappa shape index (κ1) is 17.7. The first-order valence-corrected chi connectivity index (χ1v) is 6.65. The molecule has 0 radical (unpaired) electrons. The summed E-state index contributed by atoms with van der Waals surface area (Å²) < 4.78 is 53.0. The molecule has 0 amide bonds. The van der Waals surface area contributed by atoms with E-state index in [1.807, 2.05) is 0 Å². The fourth-order valence-corrected chi connectivity index (χ4v) is 2.63. The summed E-state index contributed by atoms with van der Waals surface area (Å²) in [7, 11) is 0. The third kappa shape index (κ3) is 4.07. The second kappa shape index (κ2) is 7.06. The first-order chi connectivity index (χ1) is 8.89. The highest BCUT2D eigenvalue weighted by Crippen LogP contribution is 2.38. The molecule has 1 aromatic carbocycles. The molecule has 1 aromatic rings. The normalized spacial score (nSPS) is 18.4. The molecule has 1 saturated heterocycles. The van der Waals surface area contributed by atoms with Gasteiger partial charge < -0.3 is 5.32 Å². The zero-order valence-corrected chi connectivity index (χ0v) is 12.8. The highest BCUT2D eigenvalue weighted by molar-refractivity contribution is 9.10. The van der Waals surface area contributed by atoms with Gasteiger partial charge in [-0.2, -0.15) is 13.2 Å². The van der Waals surface area contributed by atoms with Crippen LogP contribution in [0, 0.1) is 5.82 Å². The fourth-order valence-electron chi connectivity index (χ4n) is 2.23. The van der Waals surface area contributed by atoms with E-state index < -0.39 is 18.0 Å². The molecule has 1 aliphatic rings. The van der Waals surface area contributed by atoms with E-state index in [1.165, 1.54) is 17.0 Å². The zero-order chi connectivity index (χ0) is 14.0. The highest BCUT2D eigenvalue weighted by Gasteiger charge is 2.44. The number of benzene rings is 1. The van der Waals surface area contributed by atoms with E-state index in [4.69, 9.17) is 0 Å². The first-order valence-electron chi connectivity index (χ1n) is 5.86. The van der Waals surface area contributed by atoms with Gasteiger partial charge in [0.15, 0.2) is 0 Å². The van der Waals surface area contributed by atoms with Crippen LogP contribution in [0.1, 0.15) is 11.6 Å². The smallest absolute Gasteiger partial charge is 0.314 e. The van der Waals surface area contributed by atoms with Crippen LogP contribution in [0.2, 0.25) is 0 Å². The third-order valence-corrected chi connectivity index (χ3v) is 3.69. The molecule has 1 fully saturated rings. The molecule has 0 saturated carbocycles. The molecule has 0 spiro atoms. The van der Waals surface area contributed by atoms with Crippen molar-refractivity contribution in [1.29, 1.82) is 0 Å². The van der Waals surface area contributed by atoms with Crippen LogP contribution in [0.25, 0.3) is 0 Å². The molecular weight excluding hydrogens is 363 g/mol. The average molecular weight is 378 g/mol. The van der Waals surface area contributed by atoms with Gasteiger partial charge in [-0.1, -0.05) is 6.07 Å². The molecule has 1 heterocycles. The summed E-state index contributed by atoms with van der Waals surface area (Å²) in [6.07, 6.45) is -4.38. The standard InChI is InChI=1S/C12H13BrF4N2.ClH/c13-9-7-8(1-2-10(9)14)11(12(15,16)17)19-5-3-18-4-6-19;/h1-2,7,11,18H,3-6H2;1H/t11-;/m0./s1. The van der Waals surface area contributed by atoms with Crippen molar-refractivity contribution in [1.82, 2.24) is 10.2 Å². The maximum atomic E-state index is 13.3. The van der Waals surface area contributed by atoms with E-state index in [0.717, 1.165) is 6.07 Å². The topological polar surface area (TPSA) is 15.3 Å². The van der Waals surface area contributed by atoms with Gasteiger partial charge in [0.05, 0.1) is 4.47 Å². The molecule has 2 rings (SSSR count). The van der Waals surface area contributed by atoms with E-state index in [1.54, 1.807) is 0 Å². The molecule has 1 N–H and O–H groups in total. The quantitative estimate of drug-likeness (QED) is 0.794. The number of nitrogens with one attached hydrogen (secondary N) is 1. The molecule has 0 unspecified atom stereocenters. The minimum absolute atomic E-state index is 0. The van der Waals surface area contributed by atoms with Gasteiger partial charge in [0, 0.05) is 26.2 Å². The summed E-state index contributed by atoms with van der Waals surface area (Å²) in [5, 5.41) is 3.01. The molecule has 0 aliphatic carbocycles. The largest absolute Gasteiger partial charge is 0.408 e. The number of hydrogen-bond acceptors (Lipinski definition) is 2. The number of hydrogen-bond donors (Lipinski definition) is 1. The Labute approximate surface area is 129 Å². The second-order valence-electron chi connectivity index (χ2n) is 4.40. The zero-order valence-electron chi connectivity index (χ0n) is 10.4. The van der Waals surface area contributed by atoms with Crippen molar-refractivity contribution in [3.63, 3.8) is 0 Å². The molecule has 0 aromatic heterocycles. The van der Waals surface area contributed by atoms with Crippen LogP contribution in [0.3, 0.4) is 0 Å². The van der Waals surface area contributed by atoms with E-state index >= 15 is 0 Å². The van der Waals surface area contributed by atoms with Crippen LogP contribution in [-0.4, -0.2) is 37.3 Å². The average Bonchev–Trinajstić information content (AvgIpc) is 2.34. The van der Waals surface area contributed by atoms with Gasteiger partial charge in [-0.25, -0.2) is 4.39 Å². The number of halogens is 6. The van der Waals surface area contributed by atoms with Crippen molar-refractivity contribution >= 4 is 28.3 Å². The predicted octanol–water partition coefficient (Wildman–Crippen LogP) is 3.52. The van der Waals surface area contributed by atoms with Crippen molar-refractivity contribution < 1.29 is 17.6 Å². The lowest BCUT2D eigenvalue weighted by Crippen LogP contribution is -2.49. The number of rotatable bonds is 2. The van der Waals surface area contributed by atoms with Gasteiger partial charge in [0.2, 0.25) is 0 Å². The summed E-state index contributed by atoms with van der Waals surface area (Å²) in [4.78, 5) is 1.37. The molecule has 2 nitrogen and oxygen atoms in total. The van der Waals surface area contributed by atoms with Gasteiger partial charge in [-0.05, 0) is 33.6 Å². The number of alkyl halides is 3. The van der Waals surface area contributed by atoms with Crippen molar-refractivity contribution in [3.8, 4) is 0 Å². The van der Waals surface area contributed by atoms with E-state index in [2.05, 4.69) is 21.2 Å². The Kier molecular flexibility index (Phi) is 6.25. The van der Waals surface area contributed by atoms with Gasteiger partial charge in [-0.3, -0.25) is 4.90 Å². The van der Waals surface area contributed by atoms with Crippen LogP contribution < -0.4 is 5.32 Å². The van der Waals surface area contributed by atoms with E-state index in [-0.39, 0.29) is 22.4 Å². The fraction of sp³-hybridized carbons (Fsp3) is 0.500. The Balaban J connectivity index is 0.00000200. The lowest BCUT2D eigenvalue weighted by Gasteiger charge is -2.36. The van der Waals surface area contributed by atoms with Crippen molar-refractivity contribution in [2.45, 2.75) is 12.2 Å². The predicted molar refractivity (Wildman–Crippen MR) is 74.6 cm³/mol. The van der Waals surface area contributed by atoms with Crippen LogP contribution >= 0.6 is 28.3 Å². The lowest BCUT2D eigenvalue weighted by molar-refractivity contribution is -0.187. The van der Waals surface area contributed by atoms with Crippen LogP contribution in [-0.2, 0) is 0 Å². The molecule has 1 aliphatic heterocycles. The van der Waals surface area contributed by atoms with Crippen LogP contribution in [0.5, 0.6) is 0 Å². The highest BCUT2D eigenvalue weighted by atomic mass is 79.9. The van der Waals surface area contributed by atoms with Crippen molar-refractivity contribution in [2.75, 3.05) is 26.2 Å². The lowest BCUT2D eigenvalue weighted by atomic mass is 10.0. The monoisotopic (exact) mass is 376 g/mol. The maximum absolute atomic E-state index is 13.3. The summed E-state index contributed by atoms with van der Waals surface area (Å²) in [5.74, 6) is -0.565. The van der Waals surface area contributed by atoms with E-state index in [9.17, 15) is 17.6 Å². The third-order valence-electron chi connectivity index (χ3n) is 3.09. The van der Waals surface area contributed by atoms with Gasteiger partial charge >= 0.3 is 6.18 Å². The van der Waals surface area contributed by atoms with Crippen LogP contribution in [0.4, 0.5) is 17.6 Å². The van der Waals surface area contributed by atoms with Crippen molar-refractivity contribution in [2.24, 2.45) is 0 Å². The minimum atomic E-state index is -4.38. The summed E-state index contributed by atoms with van der Waals surface area (Å²) >= 11 is 2.93. The van der Waals surface area contributed by atoms with E-state index in [0.29, 0.717) is 26.2 Å². The Bertz CT molecular complexity index is 450. The summed E-state index contributed by atoms with van der Waals surface area (Å²) in [6.45, 7) is 1.68. The van der Waals surface area contributed by atoms with Gasteiger partial charge in [0.25, 0.3) is 0 Å². The molecular formula is C12H14BrClF4N2. The summed E-state index contributed by atoms with van der Waals surface area (Å²) in [5.41, 5.74) is 0.0580.